The zero-order chi connectivity index (χ0) is 50.0. The fourth-order valence-electron chi connectivity index (χ4n) is 7.23. The van der Waals surface area contributed by atoms with E-state index in [1.807, 2.05) is 0 Å². The average molecular weight is 1140 g/mol. The molecule has 0 aromatic heterocycles. The zero-order valence-corrected chi connectivity index (χ0v) is 49.8. The summed E-state index contributed by atoms with van der Waals surface area (Å²) in [7, 11) is 0. The van der Waals surface area contributed by atoms with Crippen LogP contribution in [0.3, 0.4) is 0 Å². The Hall–Kier alpha value is -1.04. The van der Waals surface area contributed by atoms with Crippen molar-refractivity contribution in [1.29, 1.82) is 0 Å². The second-order valence-corrected chi connectivity index (χ2v) is 26.7. The molecule has 0 aliphatic heterocycles. The van der Waals surface area contributed by atoms with E-state index < -0.39 is 23.9 Å². The molecule has 0 unspecified atom stereocenters. The van der Waals surface area contributed by atoms with Gasteiger partial charge >= 0.3 is 139 Å². The van der Waals surface area contributed by atoms with Gasteiger partial charge in [0.05, 0.1) is 23.9 Å². The number of rotatable bonds is 46. The van der Waals surface area contributed by atoms with Gasteiger partial charge in [-0.05, 0) is 49.0 Å². The molecule has 0 amide bonds. The number of carboxylic acids is 4. The number of hydrogen-bond acceptors (Lipinski definition) is 8. The number of carbonyl (C=O) groups is 4. The molecule has 0 atom stereocenters. The van der Waals surface area contributed by atoms with Crippen molar-refractivity contribution in [2.24, 2.45) is 0 Å². The molecule has 0 fully saturated rings. The summed E-state index contributed by atoms with van der Waals surface area (Å²) in [5.74, 6) is -5.76. The summed E-state index contributed by atoms with van der Waals surface area (Å²) < 4.78 is 6.50. The number of aliphatic carboxylic acids is 4. The van der Waals surface area contributed by atoms with Crippen LogP contribution in [0.5, 0.6) is 0 Å². The Bertz CT molecular complexity index is 998. The fraction of sp³-hybridized carbons (Fsp3) is 0.857. The molecular formula is C56H104O8Sn2. The van der Waals surface area contributed by atoms with Crippen LogP contribution >= 0.6 is 0 Å². The van der Waals surface area contributed by atoms with Crippen molar-refractivity contribution in [3.63, 3.8) is 0 Å². The molecule has 0 saturated heterocycles. The molecule has 10 heteroatoms. The van der Waals surface area contributed by atoms with Crippen LogP contribution in [-0.4, -0.2) is 66.2 Å². The molecule has 0 spiro atoms. The van der Waals surface area contributed by atoms with Crippen molar-refractivity contribution in [3.8, 4) is 0 Å². The van der Waals surface area contributed by atoms with E-state index in [2.05, 4.69) is 41.5 Å². The maximum absolute atomic E-state index is 10.7. The third-order valence-electron chi connectivity index (χ3n) is 11.5. The predicted octanol–water partition coefficient (Wildman–Crippen LogP) is 12.8. The van der Waals surface area contributed by atoms with E-state index in [0.717, 1.165) is 25.7 Å². The van der Waals surface area contributed by atoms with Gasteiger partial charge in [-0.25, -0.2) is 0 Å². The van der Waals surface area contributed by atoms with E-state index >= 15 is 0 Å². The Morgan fingerprint density at radius 2 is 0.470 bits per heavy atom. The van der Waals surface area contributed by atoms with Crippen molar-refractivity contribution < 1.29 is 39.6 Å². The van der Waals surface area contributed by atoms with E-state index in [0.29, 0.717) is 25.0 Å². The van der Waals surface area contributed by atoms with Crippen LogP contribution in [0.25, 0.3) is 0 Å². The minimum atomic E-state index is -1.47. The zero-order valence-electron chi connectivity index (χ0n) is 44.1. The molecule has 0 rings (SSSR count). The molecule has 0 aromatic carbocycles. The molecule has 66 heavy (non-hydrogen) atoms. The number of hydrogen-bond donors (Lipinski definition) is 0. The van der Waals surface area contributed by atoms with Gasteiger partial charge in [-0.1, -0.05) is 181 Å². The van der Waals surface area contributed by atoms with Crippen molar-refractivity contribution >= 4 is 66.2 Å². The van der Waals surface area contributed by atoms with Crippen LogP contribution in [0, 0.1) is 0 Å². The molecule has 0 aliphatic rings. The molecule has 0 aromatic rings. The third kappa shape index (κ3) is 69.5. The molecule has 0 radical (unpaired) electrons. The molecule has 0 bridgehead atoms. The van der Waals surface area contributed by atoms with Crippen molar-refractivity contribution in [2.75, 3.05) is 0 Å². The van der Waals surface area contributed by atoms with Crippen molar-refractivity contribution in [1.82, 2.24) is 0 Å². The minimum absolute atomic E-state index is 0.149. The average Bonchev–Trinajstić information content (AvgIpc) is 3.28. The summed E-state index contributed by atoms with van der Waals surface area (Å²) in [6.07, 6.45) is 47.8. The van der Waals surface area contributed by atoms with Gasteiger partial charge in [0.15, 0.2) is 0 Å². The maximum atomic E-state index is 10.7. The first kappa shape index (κ1) is 71.5. The van der Waals surface area contributed by atoms with Crippen molar-refractivity contribution in [2.45, 2.75) is 303 Å². The topological polar surface area (TPSA) is 161 Å². The monoisotopic (exact) mass is 1140 g/mol. The molecule has 0 aliphatic carbocycles. The number of unbranched alkanes of at least 4 members (excludes halogenated alkanes) is 30. The Kier molecular flexibility index (Phi) is 69.3. The standard InChI is InChI=1S/2C20H36O4.4C4H9.2Sn/c2*1-2-3-4-5-6-7-8-9-10-11-12-13-14-15-16-18(20(23)24)17-19(21)22;4*1-3-4-2;;/h2*17H,2-16H2,1H3,(H,21,22)(H,23,24);4*1,3-4H2,2H3;;/q;;;;;;2*+2/p-4/b2*18-17-;;;;;;. The van der Waals surface area contributed by atoms with Crippen molar-refractivity contribution in [3.05, 3.63) is 23.3 Å². The van der Waals surface area contributed by atoms with E-state index in [4.69, 9.17) is 0 Å². The summed E-state index contributed by atoms with van der Waals surface area (Å²) >= 11 is 0.299. The summed E-state index contributed by atoms with van der Waals surface area (Å²) in [5, 5.41) is 42.2. The van der Waals surface area contributed by atoms with E-state index in [-0.39, 0.29) is 66.3 Å². The van der Waals surface area contributed by atoms with Gasteiger partial charge < -0.3 is 39.6 Å². The van der Waals surface area contributed by atoms with Gasteiger partial charge in [0.1, 0.15) is 0 Å². The Morgan fingerprint density at radius 1 is 0.288 bits per heavy atom. The Balaban J connectivity index is -0.000000427. The van der Waals surface area contributed by atoms with Gasteiger partial charge in [0.25, 0.3) is 0 Å². The van der Waals surface area contributed by atoms with Gasteiger partial charge in [0, 0.05) is 0 Å². The number of carbonyl (C=O) groups excluding carboxylic acids is 4. The summed E-state index contributed by atoms with van der Waals surface area (Å²) in [5.41, 5.74) is -0.345. The SMILES string of the molecule is CCCCCCCCCCCCCCCC/C(=C/C(=O)[O-])C(=O)[O-].CCCCCCCCCCCCCCCC/C(=C/C(=O)[O-])C(=O)[O-].CCC[CH2][Sn+2][CH2]CCC.CCC[CH2][Sn+2][CH2]CCC. The van der Waals surface area contributed by atoms with Crippen LogP contribution in [0.4, 0.5) is 0 Å². The molecule has 384 valence electrons. The van der Waals surface area contributed by atoms with Gasteiger partial charge in [-0.3, -0.25) is 0 Å². The number of carboxylic acid groups (broad SMARTS) is 4. The first-order chi connectivity index (χ1) is 32.0. The molecule has 8 nitrogen and oxygen atoms in total. The quantitative estimate of drug-likeness (QED) is 0.0331. The Morgan fingerprint density at radius 3 is 0.636 bits per heavy atom. The summed E-state index contributed by atoms with van der Waals surface area (Å²) in [6.45, 7) is 13.6. The van der Waals surface area contributed by atoms with Crippen LogP contribution in [0.2, 0.25) is 17.7 Å². The van der Waals surface area contributed by atoms with Crippen LogP contribution < -0.4 is 20.4 Å². The van der Waals surface area contributed by atoms with Gasteiger partial charge in [0.2, 0.25) is 0 Å². The molecule has 0 saturated carbocycles. The Labute approximate surface area is 429 Å². The predicted molar refractivity (Wildman–Crippen MR) is 276 cm³/mol. The second kappa shape index (κ2) is 64.0. The third-order valence-corrected chi connectivity index (χ3v) is 19.6. The first-order valence-corrected chi connectivity index (χ1v) is 35.7. The molecular weight excluding hydrogens is 1040 g/mol. The fourth-order valence-corrected chi connectivity index (χ4v) is 15.5. The van der Waals surface area contributed by atoms with Crippen LogP contribution in [-0.2, 0) is 19.2 Å². The summed E-state index contributed by atoms with van der Waals surface area (Å²) in [6, 6.07) is 0. The first-order valence-electron chi connectivity index (χ1n) is 27.7. The van der Waals surface area contributed by atoms with E-state index in [9.17, 15) is 39.6 Å². The van der Waals surface area contributed by atoms with Gasteiger partial charge in [-0.15, -0.1) is 0 Å². The van der Waals surface area contributed by atoms with Crippen LogP contribution in [0.1, 0.15) is 286 Å². The molecule has 0 heterocycles. The second-order valence-electron chi connectivity index (χ2n) is 18.2. The van der Waals surface area contributed by atoms with Gasteiger partial charge in [-0.2, -0.15) is 0 Å². The molecule has 0 N–H and O–H groups in total. The van der Waals surface area contributed by atoms with E-state index in [1.54, 1.807) is 17.7 Å². The van der Waals surface area contributed by atoms with E-state index in [1.165, 1.54) is 193 Å². The van der Waals surface area contributed by atoms with Crippen LogP contribution in [0.15, 0.2) is 23.3 Å². The normalized spacial score (nSPS) is 10.9. The summed E-state index contributed by atoms with van der Waals surface area (Å²) in [4.78, 5) is 42.2.